The molecule has 1 heterocycles. The van der Waals surface area contributed by atoms with Gasteiger partial charge in [0.25, 0.3) is 0 Å². The fourth-order valence-corrected chi connectivity index (χ4v) is 4.15. The van der Waals surface area contributed by atoms with Gasteiger partial charge in [0, 0.05) is 10.7 Å². The van der Waals surface area contributed by atoms with E-state index in [1.807, 2.05) is 54.1 Å². The Morgan fingerprint density at radius 1 is 1.07 bits per heavy atom. The van der Waals surface area contributed by atoms with Crippen molar-refractivity contribution in [3.63, 3.8) is 0 Å². The van der Waals surface area contributed by atoms with Gasteiger partial charge in [0.2, 0.25) is 0 Å². The van der Waals surface area contributed by atoms with Crippen LogP contribution in [0.4, 0.5) is 5.69 Å². The highest BCUT2D eigenvalue weighted by Crippen LogP contribution is 2.40. The average molecular weight is 398 g/mol. The summed E-state index contributed by atoms with van der Waals surface area (Å²) in [5.74, 6) is 1.66. The van der Waals surface area contributed by atoms with Crippen molar-refractivity contribution in [1.82, 2.24) is 20.2 Å². The zero-order chi connectivity index (χ0) is 19.6. The van der Waals surface area contributed by atoms with Gasteiger partial charge in [0.15, 0.2) is 5.82 Å². The highest BCUT2D eigenvalue weighted by atomic mass is 35.5. The van der Waals surface area contributed by atoms with E-state index in [-0.39, 0.29) is 5.54 Å². The smallest absolute Gasteiger partial charge is 0.181 e. The molecule has 0 atom stereocenters. The van der Waals surface area contributed by atoms with Gasteiger partial charge in [0.05, 0.1) is 18.3 Å². The molecule has 3 aromatic rings. The molecule has 7 heteroatoms. The van der Waals surface area contributed by atoms with Crippen LogP contribution in [0.25, 0.3) is 5.69 Å². The third-order valence-corrected chi connectivity index (χ3v) is 5.96. The monoisotopic (exact) mass is 397 g/mol. The topological polar surface area (TPSA) is 64.9 Å². The minimum atomic E-state index is -0.328. The first kappa shape index (κ1) is 18.7. The summed E-state index contributed by atoms with van der Waals surface area (Å²) >= 11 is 6.35. The highest BCUT2D eigenvalue weighted by Gasteiger charge is 2.39. The molecule has 1 fully saturated rings. The van der Waals surface area contributed by atoms with Crippen LogP contribution in [-0.4, -0.2) is 27.3 Å². The number of rotatable bonds is 5. The van der Waals surface area contributed by atoms with Crippen LogP contribution in [0.2, 0.25) is 5.02 Å². The maximum absolute atomic E-state index is 6.35. The number of benzene rings is 2. The van der Waals surface area contributed by atoms with E-state index >= 15 is 0 Å². The van der Waals surface area contributed by atoms with Crippen molar-refractivity contribution in [2.45, 2.75) is 44.6 Å². The Hall–Kier alpha value is -2.60. The van der Waals surface area contributed by atoms with Crippen molar-refractivity contribution in [2.24, 2.45) is 0 Å². The lowest BCUT2D eigenvalue weighted by Gasteiger charge is -2.37. The van der Waals surface area contributed by atoms with Crippen molar-refractivity contribution in [1.29, 1.82) is 0 Å². The molecule has 0 saturated heterocycles. The molecule has 2 aromatic carbocycles. The van der Waals surface area contributed by atoms with E-state index in [1.165, 1.54) is 6.42 Å². The maximum atomic E-state index is 6.35. The molecular formula is C21H24ClN5O. The van der Waals surface area contributed by atoms with Crippen LogP contribution in [0.5, 0.6) is 5.75 Å². The Morgan fingerprint density at radius 2 is 1.82 bits per heavy atom. The van der Waals surface area contributed by atoms with Gasteiger partial charge < -0.3 is 10.1 Å². The number of halogens is 1. The predicted octanol–water partition coefficient (Wildman–Crippen LogP) is 4.90. The van der Waals surface area contributed by atoms with E-state index in [2.05, 4.69) is 20.8 Å². The lowest BCUT2D eigenvalue weighted by Crippen LogP contribution is -2.40. The van der Waals surface area contributed by atoms with Gasteiger partial charge in [-0.25, -0.2) is 0 Å². The molecule has 1 aromatic heterocycles. The molecule has 0 aliphatic heterocycles. The van der Waals surface area contributed by atoms with Crippen molar-refractivity contribution >= 4 is 17.3 Å². The summed E-state index contributed by atoms with van der Waals surface area (Å²) in [5.41, 5.74) is 2.58. The van der Waals surface area contributed by atoms with Gasteiger partial charge in [-0.2, -0.15) is 4.68 Å². The number of ether oxygens (including phenoxy) is 1. The standard InChI is InChI=1S/C21H24ClN5O/c1-15-18(22)7-6-8-19(15)27-20(24-25-26-27)21(13-4-3-5-14-21)23-16-9-11-17(28-2)12-10-16/h6-12,23H,3-5,13-14H2,1-2H3. The van der Waals surface area contributed by atoms with Gasteiger partial charge in [-0.1, -0.05) is 36.9 Å². The van der Waals surface area contributed by atoms with E-state index < -0.39 is 0 Å². The first-order chi connectivity index (χ1) is 13.6. The molecule has 0 amide bonds. The van der Waals surface area contributed by atoms with Crippen molar-refractivity contribution in [3.8, 4) is 11.4 Å². The van der Waals surface area contributed by atoms with Crippen molar-refractivity contribution in [2.75, 3.05) is 12.4 Å². The summed E-state index contributed by atoms with van der Waals surface area (Å²) in [6.07, 6.45) is 5.43. The molecule has 1 aliphatic carbocycles. The van der Waals surface area contributed by atoms with Gasteiger partial charge >= 0.3 is 0 Å². The summed E-state index contributed by atoms with van der Waals surface area (Å²) in [7, 11) is 1.67. The number of tetrazole rings is 1. The van der Waals surface area contributed by atoms with E-state index in [0.29, 0.717) is 5.02 Å². The largest absolute Gasteiger partial charge is 0.497 e. The molecule has 146 valence electrons. The molecular weight excluding hydrogens is 374 g/mol. The lowest BCUT2D eigenvalue weighted by atomic mass is 9.80. The summed E-state index contributed by atoms with van der Waals surface area (Å²) in [6.45, 7) is 1.99. The molecule has 0 bridgehead atoms. The summed E-state index contributed by atoms with van der Waals surface area (Å²) < 4.78 is 7.12. The lowest BCUT2D eigenvalue weighted by molar-refractivity contribution is 0.309. The Morgan fingerprint density at radius 3 is 2.54 bits per heavy atom. The van der Waals surface area contributed by atoms with Crippen LogP contribution in [0.1, 0.15) is 43.5 Å². The molecule has 1 aliphatic rings. The molecule has 0 radical (unpaired) electrons. The second-order valence-electron chi connectivity index (χ2n) is 7.29. The molecule has 28 heavy (non-hydrogen) atoms. The van der Waals surface area contributed by atoms with Crippen LogP contribution in [0.15, 0.2) is 42.5 Å². The normalized spacial score (nSPS) is 16.0. The van der Waals surface area contributed by atoms with Gasteiger partial charge in [-0.3, -0.25) is 0 Å². The second-order valence-corrected chi connectivity index (χ2v) is 7.70. The van der Waals surface area contributed by atoms with E-state index in [0.717, 1.165) is 54.2 Å². The molecule has 6 nitrogen and oxygen atoms in total. The third kappa shape index (κ3) is 3.44. The number of hydrogen-bond donors (Lipinski definition) is 1. The minimum absolute atomic E-state index is 0.328. The number of hydrogen-bond acceptors (Lipinski definition) is 5. The average Bonchev–Trinajstić information content (AvgIpc) is 3.22. The van der Waals surface area contributed by atoms with Crippen LogP contribution < -0.4 is 10.1 Å². The van der Waals surface area contributed by atoms with E-state index in [4.69, 9.17) is 16.3 Å². The predicted molar refractivity (Wildman–Crippen MR) is 110 cm³/mol. The summed E-state index contributed by atoms with van der Waals surface area (Å²) in [4.78, 5) is 0. The fraction of sp³-hybridized carbons (Fsp3) is 0.381. The number of aromatic nitrogens is 4. The van der Waals surface area contributed by atoms with Crippen molar-refractivity contribution < 1.29 is 4.74 Å². The maximum Gasteiger partial charge on any atom is 0.181 e. The molecule has 1 N–H and O–H groups in total. The Balaban J connectivity index is 1.76. The number of anilines is 1. The molecule has 1 saturated carbocycles. The quantitative estimate of drug-likeness (QED) is 0.663. The highest BCUT2D eigenvalue weighted by molar-refractivity contribution is 6.31. The second kappa shape index (κ2) is 7.80. The zero-order valence-electron chi connectivity index (χ0n) is 16.2. The van der Waals surface area contributed by atoms with E-state index in [9.17, 15) is 0 Å². The van der Waals surface area contributed by atoms with Gasteiger partial charge in [-0.05, 0) is 72.2 Å². The SMILES string of the molecule is COc1ccc(NC2(c3nnnn3-c3cccc(Cl)c3C)CCCCC2)cc1. The Labute approximate surface area is 169 Å². The van der Waals surface area contributed by atoms with Gasteiger partial charge in [-0.15, -0.1) is 5.10 Å². The van der Waals surface area contributed by atoms with Crippen LogP contribution >= 0.6 is 11.6 Å². The fourth-order valence-electron chi connectivity index (χ4n) is 3.98. The molecule has 4 rings (SSSR count). The van der Waals surface area contributed by atoms with Crippen molar-refractivity contribution in [3.05, 3.63) is 58.9 Å². The third-order valence-electron chi connectivity index (χ3n) is 5.55. The summed E-state index contributed by atoms with van der Waals surface area (Å²) in [5, 5.41) is 17.2. The number of nitrogens with one attached hydrogen (secondary N) is 1. The van der Waals surface area contributed by atoms with Crippen LogP contribution in [-0.2, 0) is 5.54 Å². The minimum Gasteiger partial charge on any atom is -0.497 e. The van der Waals surface area contributed by atoms with E-state index in [1.54, 1.807) is 7.11 Å². The summed E-state index contributed by atoms with van der Waals surface area (Å²) in [6, 6.07) is 13.8. The number of methoxy groups -OCH3 is 1. The van der Waals surface area contributed by atoms with Crippen LogP contribution in [0, 0.1) is 6.92 Å². The first-order valence-corrected chi connectivity index (χ1v) is 9.97. The number of nitrogens with zero attached hydrogens (tertiary/aromatic N) is 4. The molecule has 0 spiro atoms. The van der Waals surface area contributed by atoms with Gasteiger partial charge in [0.1, 0.15) is 5.75 Å². The molecule has 0 unspecified atom stereocenters. The van der Waals surface area contributed by atoms with Crippen LogP contribution in [0.3, 0.4) is 0 Å². The zero-order valence-corrected chi connectivity index (χ0v) is 16.9. The first-order valence-electron chi connectivity index (χ1n) is 9.59. The Kier molecular flexibility index (Phi) is 5.22. The Bertz CT molecular complexity index is 948.